The van der Waals surface area contributed by atoms with Crippen molar-refractivity contribution in [1.29, 1.82) is 5.26 Å². The van der Waals surface area contributed by atoms with Gasteiger partial charge >= 0.3 is 18.4 Å². The summed E-state index contributed by atoms with van der Waals surface area (Å²) < 4.78 is 130. The van der Waals surface area contributed by atoms with E-state index in [9.17, 15) is 14.4 Å². The molecule has 2 N–H and O–H groups in total. The zero-order chi connectivity index (χ0) is 41.1. The number of hydrogen-bond donors (Lipinski definition) is 1. The van der Waals surface area contributed by atoms with Crippen LogP contribution in [0.5, 0.6) is 6.01 Å². The Hall–Kier alpha value is -5.29. The first-order valence-corrected chi connectivity index (χ1v) is 19.4. The Bertz CT molecular complexity index is 2580. The van der Waals surface area contributed by atoms with Gasteiger partial charge in [0, 0.05) is 54.5 Å². The van der Waals surface area contributed by atoms with E-state index in [0.29, 0.717) is 54.7 Å². The molecule has 58 heavy (non-hydrogen) atoms. The fraction of sp³-hybridized carbons (Fsp3) is 0.447. The van der Waals surface area contributed by atoms with Gasteiger partial charge in [-0.1, -0.05) is 6.07 Å². The van der Waals surface area contributed by atoms with E-state index in [4.69, 9.17) is 10.5 Å². The van der Waals surface area contributed by atoms with Gasteiger partial charge < -0.3 is 20.3 Å². The predicted molar refractivity (Wildman–Crippen MR) is 197 cm³/mol. The number of carbonyl (C=O) groups excluding carboxylic acids is 1. The number of thiophene rings is 1. The molecule has 0 spiro atoms. The van der Waals surface area contributed by atoms with Crippen LogP contribution in [0.15, 0.2) is 18.2 Å². The molecule has 9 rings (SSSR count). The SMILES string of the molecule is Cc1c(C(=O)N2CCC2)nn2c1CN(c1nc(OCC34CCCN3CC(F)C4)nc3c(C(F)(F)F)c(-c4ccc(F)c5sc(N)c(C#N)c45)c(C(F)(F)F)cc13)CC2. The Morgan fingerprint density at radius 3 is 2.55 bits per heavy atom. The lowest BCUT2D eigenvalue weighted by atomic mass is 9.88. The Balaban J connectivity index is 1.28. The number of nitrogens with two attached hydrogens (primary N) is 1. The van der Waals surface area contributed by atoms with Crippen LogP contribution >= 0.6 is 11.3 Å². The number of anilines is 2. The van der Waals surface area contributed by atoms with Crippen LogP contribution in [0.25, 0.3) is 32.1 Å². The number of hydrogen-bond acceptors (Lipinski definition) is 10. The molecule has 304 valence electrons. The monoisotopic (exact) mass is 831 g/mol. The second-order valence-electron chi connectivity index (χ2n) is 15.2. The summed E-state index contributed by atoms with van der Waals surface area (Å²) in [5.41, 5.74) is -0.644. The lowest BCUT2D eigenvalue weighted by Crippen LogP contribution is -2.43. The van der Waals surface area contributed by atoms with Crippen molar-refractivity contribution in [2.75, 3.05) is 50.0 Å². The van der Waals surface area contributed by atoms with E-state index < -0.39 is 84.7 Å². The molecule has 3 saturated heterocycles. The molecular weight excluding hydrogens is 799 g/mol. The number of halogens is 8. The summed E-state index contributed by atoms with van der Waals surface area (Å²) in [5.74, 6) is -1.57. The molecule has 11 nitrogen and oxygen atoms in total. The van der Waals surface area contributed by atoms with Crippen molar-refractivity contribution < 1.29 is 44.7 Å². The minimum absolute atomic E-state index is 0.0149. The number of nitrogen functional groups attached to an aromatic ring is 1. The molecule has 2 atom stereocenters. The van der Waals surface area contributed by atoms with Crippen molar-refractivity contribution in [2.24, 2.45) is 0 Å². The number of nitrogens with zero attached hydrogens (tertiary/aromatic N) is 8. The van der Waals surface area contributed by atoms with Crippen LogP contribution in [-0.4, -0.2) is 86.5 Å². The van der Waals surface area contributed by atoms with Gasteiger partial charge in [0.15, 0.2) is 5.69 Å². The summed E-state index contributed by atoms with van der Waals surface area (Å²) >= 11 is 0.527. The van der Waals surface area contributed by atoms with E-state index in [1.807, 2.05) is 4.90 Å². The Kier molecular flexibility index (Phi) is 8.82. The lowest BCUT2D eigenvalue weighted by molar-refractivity contribution is -0.141. The van der Waals surface area contributed by atoms with Gasteiger partial charge in [0.25, 0.3) is 5.91 Å². The van der Waals surface area contributed by atoms with Gasteiger partial charge in [-0.25, -0.2) is 8.78 Å². The van der Waals surface area contributed by atoms with Crippen LogP contribution in [0.4, 0.5) is 45.9 Å². The van der Waals surface area contributed by atoms with E-state index >= 15 is 30.7 Å². The topological polar surface area (TPSA) is 129 Å². The third-order valence-corrected chi connectivity index (χ3v) is 12.9. The zero-order valence-electron chi connectivity index (χ0n) is 30.7. The first-order chi connectivity index (χ1) is 27.5. The Labute approximate surface area is 328 Å². The maximum Gasteiger partial charge on any atom is 0.419 e. The molecule has 2 unspecified atom stereocenters. The number of rotatable bonds is 6. The summed E-state index contributed by atoms with van der Waals surface area (Å²) in [6.07, 6.45) is -9.88. The van der Waals surface area contributed by atoms with Crippen molar-refractivity contribution in [2.45, 2.75) is 69.8 Å². The molecule has 20 heteroatoms. The average molecular weight is 832 g/mol. The quantitative estimate of drug-likeness (QED) is 0.173. The van der Waals surface area contributed by atoms with E-state index in [1.54, 1.807) is 22.6 Å². The molecule has 0 radical (unpaired) electrons. The van der Waals surface area contributed by atoms with Gasteiger partial charge in [0.2, 0.25) is 0 Å². The normalized spacial score (nSPS) is 21.1. The van der Waals surface area contributed by atoms with Crippen molar-refractivity contribution >= 4 is 49.1 Å². The molecule has 0 bridgehead atoms. The Morgan fingerprint density at radius 1 is 1.09 bits per heavy atom. The molecule has 4 aliphatic rings. The van der Waals surface area contributed by atoms with Crippen LogP contribution in [-0.2, 0) is 25.4 Å². The van der Waals surface area contributed by atoms with E-state index in [-0.39, 0.29) is 61.6 Å². The van der Waals surface area contributed by atoms with Crippen LogP contribution in [0.2, 0.25) is 0 Å². The molecule has 2 aromatic carbocycles. The fourth-order valence-corrected chi connectivity index (χ4v) is 9.92. The van der Waals surface area contributed by atoms with E-state index in [1.165, 1.54) is 4.90 Å². The minimum atomic E-state index is -5.52. The highest BCUT2D eigenvalue weighted by atomic mass is 32.1. The van der Waals surface area contributed by atoms with Gasteiger partial charge in [-0.15, -0.1) is 11.3 Å². The number of alkyl halides is 7. The van der Waals surface area contributed by atoms with Crippen LogP contribution in [0.1, 0.15) is 64.1 Å². The second-order valence-corrected chi connectivity index (χ2v) is 16.3. The van der Waals surface area contributed by atoms with Gasteiger partial charge in [0.1, 0.15) is 35.5 Å². The maximum absolute atomic E-state index is 15.7. The van der Waals surface area contributed by atoms with Crippen molar-refractivity contribution in [1.82, 2.24) is 29.5 Å². The minimum Gasteiger partial charge on any atom is -0.461 e. The average Bonchev–Trinajstić information content (AvgIpc) is 3.87. The molecule has 3 aromatic heterocycles. The number of benzene rings is 2. The summed E-state index contributed by atoms with van der Waals surface area (Å²) in [6, 6.07) is 3.17. The van der Waals surface area contributed by atoms with Crippen LogP contribution in [0.3, 0.4) is 0 Å². The van der Waals surface area contributed by atoms with Gasteiger partial charge in [-0.05, 0) is 50.4 Å². The zero-order valence-corrected chi connectivity index (χ0v) is 31.5. The first-order valence-electron chi connectivity index (χ1n) is 18.6. The molecule has 1 amide bonds. The van der Waals surface area contributed by atoms with E-state index in [0.717, 1.165) is 25.0 Å². The van der Waals surface area contributed by atoms with Gasteiger partial charge in [-0.2, -0.15) is 46.7 Å². The first kappa shape index (κ1) is 38.2. The Morgan fingerprint density at radius 2 is 1.86 bits per heavy atom. The number of carbonyl (C=O) groups is 1. The molecule has 7 heterocycles. The van der Waals surface area contributed by atoms with Gasteiger partial charge in [0.05, 0.1) is 51.2 Å². The number of ether oxygens (including phenoxy) is 1. The fourth-order valence-electron chi connectivity index (χ4n) is 8.97. The number of aromatic nitrogens is 4. The highest BCUT2D eigenvalue weighted by molar-refractivity contribution is 7.23. The third-order valence-electron chi connectivity index (χ3n) is 11.9. The lowest BCUT2D eigenvalue weighted by Gasteiger charge is -2.32. The highest BCUT2D eigenvalue weighted by Gasteiger charge is 2.50. The molecule has 0 saturated carbocycles. The van der Waals surface area contributed by atoms with Crippen molar-refractivity contribution in [3.05, 3.63) is 57.7 Å². The highest BCUT2D eigenvalue weighted by Crippen LogP contribution is 2.52. The largest absolute Gasteiger partial charge is 0.461 e. The predicted octanol–water partition coefficient (Wildman–Crippen LogP) is 7.47. The summed E-state index contributed by atoms with van der Waals surface area (Å²) in [5, 5.41) is 13.0. The third kappa shape index (κ3) is 5.98. The maximum atomic E-state index is 15.7. The second kappa shape index (κ2) is 13.4. The molecule has 4 aliphatic heterocycles. The molecule has 0 aliphatic carbocycles. The number of likely N-dealkylation sites (tertiary alicyclic amines) is 1. The smallest absolute Gasteiger partial charge is 0.419 e. The van der Waals surface area contributed by atoms with E-state index in [2.05, 4.69) is 15.1 Å². The van der Waals surface area contributed by atoms with Crippen LogP contribution in [0, 0.1) is 24.1 Å². The molecule has 3 fully saturated rings. The molecule has 5 aromatic rings. The number of fused-ring (bicyclic) bond motifs is 4. The van der Waals surface area contributed by atoms with Crippen molar-refractivity contribution in [3.63, 3.8) is 0 Å². The molecular formula is C38H33F8N9O2S. The summed E-state index contributed by atoms with van der Waals surface area (Å²) in [7, 11) is 0. The standard InChI is InChI=1S/C38H33F8N9O2S/c1-18-25-16-53(10-11-55(25)51-29(18)34(56)52-7-3-8-52)33-21-12-23(37(41,42)43)27(20-4-5-24(40)31-26(20)22(14-47)32(48)58-31)28(38(44,45)46)30(21)49-35(50-33)57-17-36-6-2-9-54(36)15-19(39)13-36/h4-5,12,19H,2-3,6-11,13,15-17,48H2,1H3. The summed E-state index contributed by atoms with van der Waals surface area (Å²) in [6.45, 7) is 3.40. The summed E-state index contributed by atoms with van der Waals surface area (Å²) in [4.78, 5) is 26.9. The van der Waals surface area contributed by atoms with Crippen LogP contribution < -0.4 is 15.4 Å². The van der Waals surface area contributed by atoms with Crippen molar-refractivity contribution in [3.8, 4) is 23.2 Å². The number of nitriles is 1. The number of amides is 1. The van der Waals surface area contributed by atoms with Gasteiger partial charge in [-0.3, -0.25) is 14.4 Å².